The molecule has 3 aromatic rings. The quantitative estimate of drug-likeness (QED) is 0.568. The van der Waals surface area contributed by atoms with E-state index in [9.17, 15) is 13.2 Å². The van der Waals surface area contributed by atoms with Crippen LogP contribution in [0.5, 0.6) is 11.5 Å². The SMILES string of the molecule is COc1ccc(Cn2cc(-c3cc(C)nc(S(C)(=O)=O)n3)ccc2=O)cc1OC. The van der Waals surface area contributed by atoms with Crippen LogP contribution in [0.1, 0.15) is 11.3 Å². The van der Waals surface area contributed by atoms with E-state index in [1.807, 2.05) is 6.07 Å². The van der Waals surface area contributed by atoms with Gasteiger partial charge >= 0.3 is 0 Å². The van der Waals surface area contributed by atoms with Gasteiger partial charge in [0.05, 0.1) is 26.5 Å². The second-order valence-electron chi connectivity index (χ2n) is 6.52. The van der Waals surface area contributed by atoms with Gasteiger partial charge in [-0.2, -0.15) is 0 Å². The highest BCUT2D eigenvalue weighted by Gasteiger charge is 2.14. The van der Waals surface area contributed by atoms with E-state index in [4.69, 9.17) is 9.47 Å². The van der Waals surface area contributed by atoms with Gasteiger partial charge in [0.25, 0.3) is 5.56 Å². The summed E-state index contributed by atoms with van der Waals surface area (Å²) in [5.41, 5.74) is 2.21. The maximum Gasteiger partial charge on any atom is 0.250 e. The normalized spacial score (nSPS) is 11.3. The third-order valence-corrected chi connectivity index (χ3v) is 5.09. The van der Waals surface area contributed by atoms with Crippen molar-refractivity contribution >= 4 is 9.84 Å². The molecule has 0 bridgehead atoms. The lowest BCUT2D eigenvalue weighted by atomic mass is 10.1. The molecule has 0 unspecified atom stereocenters. The molecule has 0 atom stereocenters. The summed E-state index contributed by atoms with van der Waals surface area (Å²) < 4.78 is 35.7. The number of benzene rings is 1. The first-order chi connectivity index (χ1) is 13.7. The predicted molar refractivity (Wildman–Crippen MR) is 108 cm³/mol. The van der Waals surface area contributed by atoms with Crippen molar-refractivity contribution in [1.29, 1.82) is 0 Å². The van der Waals surface area contributed by atoms with Gasteiger partial charge in [-0.15, -0.1) is 0 Å². The van der Waals surface area contributed by atoms with Crippen molar-refractivity contribution in [1.82, 2.24) is 14.5 Å². The van der Waals surface area contributed by atoms with Gasteiger partial charge in [0.1, 0.15) is 0 Å². The van der Waals surface area contributed by atoms with Crippen LogP contribution in [0.4, 0.5) is 0 Å². The van der Waals surface area contributed by atoms with E-state index >= 15 is 0 Å². The number of hydrogen-bond acceptors (Lipinski definition) is 7. The predicted octanol–water partition coefficient (Wildman–Crippen LogP) is 2.08. The topological polar surface area (TPSA) is 100 Å². The minimum absolute atomic E-state index is 0.197. The minimum Gasteiger partial charge on any atom is -0.493 e. The van der Waals surface area contributed by atoms with E-state index < -0.39 is 9.84 Å². The fourth-order valence-electron chi connectivity index (χ4n) is 2.84. The molecule has 8 nitrogen and oxygen atoms in total. The van der Waals surface area contributed by atoms with Crippen LogP contribution in [0.15, 0.2) is 52.5 Å². The Bertz CT molecular complexity index is 1220. The first-order valence-electron chi connectivity index (χ1n) is 8.69. The Hall–Kier alpha value is -3.20. The van der Waals surface area contributed by atoms with Crippen LogP contribution >= 0.6 is 0 Å². The highest BCUT2D eigenvalue weighted by Crippen LogP contribution is 2.28. The van der Waals surface area contributed by atoms with E-state index in [1.165, 1.54) is 10.6 Å². The molecule has 152 valence electrons. The Morgan fingerprint density at radius 2 is 1.72 bits per heavy atom. The summed E-state index contributed by atoms with van der Waals surface area (Å²) >= 11 is 0. The molecule has 2 heterocycles. The van der Waals surface area contributed by atoms with E-state index in [0.717, 1.165) is 11.8 Å². The van der Waals surface area contributed by atoms with Crippen molar-refractivity contribution < 1.29 is 17.9 Å². The van der Waals surface area contributed by atoms with Gasteiger partial charge < -0.3 is 14.0 Å². The summed E-state index contributed by atoms with van der Waals surface area (Å²) in [6, 6.07) is 10.1. The Balaban J connectivity index is 2.02. The molecule has 0 amide bonds. The lowest BCUT2D eigenvalue weighted by molar-refractivity contribution is 0.354. The molecule has 9 heteroatoms. The summed E-state index contributed by atoms with van der Waals surface area (Å²) in [6.45, 7) is 2.00. The second kappa shape index (κ2) is 8.04. The van der Waals surface area contributed by atoms with Gasteiger partial charge in [-0.3, -0.25) is 4.79 Å². The lowest BCUT2D eigenvalue weighted by Crippen LogP contribution is -2.19. The largest absolute Gasteiger partial charge is 0.493 e. The van der Waals surface area contributed by atoms with Crippen LogP contribution in [0, 0.1) is 6.92 Å². The maximum atomic E-state index is 12.4. The molecule has 0 fully saturated rings. The Kier molecular flexibility index (Phi) is 5.69. The summed E-state index contributed by atoms with van der Waals surface area (Å²) in [4.78, 5) is 20.5. The third-order valence-electron chi connectivity index (χ3n) is 4.25. The Morgan fingerprint density at radius 3 is 2.38 bits per heavy atom. The molecule has 0 N–H and O–H groups in total. The number of ether oxygens (including phenoxy) is 2. The number of nitrogens with zero attached hydrogens (tertiary/aromatic N) is 3. The smallest absolute Gasteiger partial charge is 0.250 e. The first-order valence-corrected chi connectivity index (χ1v) is 10.6. The van der Waals surface area contributed by atoms with Crippen LogP contribution in [-0.4, -0.2) is 43.4 Å². The fraction of sp³-hybridized carbons (Fsp3) is 0.250. The van der Waals surface area contributed by atoms with Crippen LogP contribution in [0.2, 0.25) is 0 Å². The monoisotopic (exact) mass is 415 g/mol. The third kappa shape index (κ3) is 4.62. The zero-order valence-corrected chi connectivity index (χ0v) is 17.4. The molecule has 0 saturated heterocycles. The summed E-state index contributed by atoms with van der Waals surface area (Å²) in [6.07, 6.45) is 2.70. The van der Waals surface area contributed by atoms with E-state index in [1.54, 1.807) is 51.6 Å². The number of sulfone groups is 1. The van der Waals surface area contributed by atoms with Crippen molar-refractivity contribution in [3.63, 3.8) is 0 Å². The van der Waals surface area contributed by atoms with Crippen molar-refractivity contribution in [2.24, 2.45) is 0 Å². The average Bonchev–Trinajstić information content (AvgIpc) is 2.68. The molecule has 0 spiro atoms. The van der Waals surface area contributed by atoms with Crippen LogP contribution in [-0.2, 0) is 16.4 Å². The molecule has 1 aromatic carbocycles. The molecule has 29 heavy (non-hydrogen) atoms. The van der Waals surface area contributed by atoms with Gasteiger partial charge in [-0.1, -0.05) is 6.07 Å². The number of hydrogen-bond donors (Lipinski definition) is 0. The Labute approximate surface area is 168 Å². The van der Waals surface area contributed by atoms with E-state index in [0.29, 0.717) is 35.0 Å². The number of aryl methyl sites for hydroxylation is 1. The molecular formula is C20H21N3O5S. The van der Waals surface area contributed by atoms with E-state index in [-0.39, 0.29) is 10.7 Å². The first kappa shape index (κ1) is 20.5. The van der Waals surface area contributed by atoms with Crippen molar-refractivity contribution in [2.75, 3.05) is 20.5 Å². The zero-order valence-electron chi connectivity index (χ0n) is 16.5. The minimum atomic E-state index is -3.55. The van der Waals surface area contributed by atoms with Crippen molar-refractivity contribution in [3.8, 4) is 22.8 Å². The van der Waals surface area contributed by atoms with E-state index in [2.05, 4.69) is 9.97 Å². The number of aromatic nitrogens is 3. The summed E-state index contributed by atoms with van der Waals surface area (Å²) in [5, 5.41) is -0.245. The summed E-state index contributed by atoms with van der Waals surface area (Å²) in [5.74, 6) is 1.17. The number of rotatable bonds is 6. The molecule has 0 radical (unpaired) electrons. The average molecular weight is 415 g/mol. The molecular weight excluding hydrogens is 394 g/mol. The number of methoxy groups -OCH3 is 2. The maximum absolute atomic E-state index is 12.4. The van der Waals surface area contributed by atoms with Crippen LogP contribution in [0.3, 0.4) is 0 Å². The summed E-state index contributed by atoms with van der Waals surface area (Å²) in [7, 11) is -0.451. The molecule has 0 aliphatic heterocycles. The Morgan fingerprint density at radius 1 is 1.00 bits per heavy atom. The lowest BCUT2D eigenvalue weighted by Gasteiger charge is -2.12. The molecule has 0 aliphatic rings. The number of pyridine rings is 1. The van der Waals surface area contributed by atoms with Crippen LogP contribution in [0.25, 0.3) is 11.3 Å². The highest BCUT2D eigenvalue weighted by molar-refractivity contribution is 7.90. The fourth-order valence-corrected chi connectivity index (χ4v) is 3.41. The molecule has 2 aromatic heterocycles. The zero-order chi connectivity index (χ0) is 21.2. The molecule has 0 aliphatic carbocycles. The second-order valence-corrected chi connectivity index (χ2v) is 8.43. The van der Waals surface area contributed by atoms with Gasteiger partial charge in [-0.25, -0.2) is 18.4 Å². The van der Waals surface area contributed by atoms with Crippen molar-refractivity contribution in [2.45, 2.75) is 18.6 Å². The molecule has 3 rings (SSSR count). The van der Waals surface area contributed by atoms with Gasteiger partial charge in [-0.05, 0) is 36.8 Å². The van der Waals surface area contributed by atoms with Gasteiger partial charge in [0.15, 0.2) is 11.5 Å². The standard InChI is InChI=1S/C20H21N3O5S/c1-13-9-16(22-20(21-13)29(4,25)26)15-6-8-19(24)23(12-15)11-14-5-7-17(27-2)18(10-14)28-3/h5-10,12H,11H2,1-4H3. The molecule has 0 saturated carbocycles. The van der Waals surface area contributed by atoms with Gasteiger partial charge in [0, 0.05) is 29.8 Å². The van der Waals surface area contributed by atoms with Gasteiger partial charge in [0.2, 0.25) is 15.0 Å². The highest BCUT2D eigenvalue weighted by atomic mass is 32.2. The van der Waals surface area contributed by atoms with Crippen molar-refractivity contribution in [3.05, 3.63) is 64.2 Å². The van der Waals surface area contributed by atoms with Crippen LogP contribution < -0.4 is 15.0 Å².